The summed E-state index contributed by atoms with van der Waals surface area (Å²) >= 11 is 0. The van der Waals surface area contributed by atoms with Crippen molar-refractivity contribution in [2.45, 2.75) is 70.0 Å². The minimum atomic E-state index is -0.836. The average molecular weight is 728 g/mol. The van der Waals surface area contributed by atoms with E-state index in [9.17, 15) is 14.3 Å². The van der Waals surface area contributed by atoms with E-state index in [1.165, 1.54) is 30.5 Å². The average Bonchev–Trinajstić information content (AvgIpc) is 3.81. The number of aromatic nitrogens is 3. The van der Waals surface area contributed by atoms with Crippen LogP contribution in [0, 0.1) is 29.4 Å². The number of nitrogens with one attached hydrogen (secondary N) is 1. The summed E-state index contributed by atoms with van der Waals surface area (Å²) in [7, 11) is -0.836. The van der Waals surface area contributed by atoms with Crippen LogP contribution in [0.4, 0.5) is 14.6 Å². The number of ether oxygens (including phenoxy) is 1. The van der Waals surface area contributed by atoms with Crippen molar-refractivity contribution in [2.24, 2.45) is 0 Å². The van der Waals surface area contributed by atoms with Crippen LogP contribution in [0.1, 0.15) is 57.9 Å². The fraction of sp³-hybridized carbons (Fsp3) is 0.462. The summed E-state index contributed by atoms with van der Waals surface area (Å²) in [6.45, 7) is 11.2. The highest BCUT2D eigenvalue weighted by molar-refractivity contribution is 7.76. The zero-order valence-electron chi connectivity index (χ0n) is 30.0. The van der Waals surface area contributed by atoms with Crippen LogP contribution in [0.3, 0.4) is 0 Å². The van der Waals surface area contributed by atoms with Gasteiger partial charge in [-0.05, 0) is 88.5 Å². The summed E-state index contributed by atoms with van der Waals surface area (Å²) in [4.78, 5) is 33.8. The number of piperazine rings is 1. The number of pyridine rings is 1. The molecule has 52 heavy (non-hydrogen) atoms. The van der Waals surface area contributed by atoms with Gasteiger partial charge in [-0.25, -0.2) is 8.78 Å². The lowest BCUT2D eigenvalue weighted by atomic mass is 9.95. The number of terminal acetylenes is 1. The van der Waals surface area contributed by atoms with E-state index in [2.05, 4.69) is 25.7 Å². The number of hydrogen-bond donors (Lipinski definition) is 2. The summed E-state index contributed by atoms with van der Waals surface area (Å²) < 4.78 is 38.3. The maximum absolute atomic E-state index is 17.0. The van der Waals surface area contributed by atoms with Crippen LogP contribution >= 0.6 is 7.92 Å². The monoisotopic (exact) mass is 727 g/mol. The molecule has 2 aromatic heterocycles. The molecule has 2 aromatic carbocycles. The summed E-state index contributed by atoms with van der Waals surface area (Å²) in [6, 6.07) is 5.28. The van der Waals surface area contributed by atoms with Crippen LogP contribution in [0.2, 0.25) is 0 Å². The van der Waals surface area contributed by atoms with Crippen molar-refractivity contribution < 1.29 is 23.4 Å². The van der Waals surface area contributed by atoms with E-state index in [0.29, 0.717) is 36.3 Å². The Bertz CT molecular complexity index is 2100. The fourth-order valence-corrected chi connectivity index (χ4v) is 9.15. The molecule has 4 aliphatic heterocycles. The van der Waals surface area contributed by atoms with E-state index in [0.717, 1.165) is 51.6 Å². The van der Waals surface area contributed by atoms with Crippen LogP contribution in [0.15, 0.2) is 30.5 Å². The molecule has 6 heterocycles. The second kappa shape index (κ2) is 14.2. The predicted molar refractivity (Wildman–Crippen MR) is 202 cm³/mol. The molecular formula is C39H44F2N7O3P. The van der Waals surface area contributed by atoms with Crippen LogP contribution in [0.25, 0.3) is 32.9 Å². The van der Waals surface area contributed by atoms with Crippen molar-refractivity contribution in [3.05, 3.63) is 47.7 Å². The Balaban J connectivity index is 0.00000207. The molecule has 0 radical (unpaired) electrons. The molecule has 10 nitrogen and oxygen atoms in total. The highest BCUT2D eigenvalue weighted by Gasteiger charge is 2.46. The van der Waals surface area contributed by atoms with Crippen molar-refractivity contribution >= 4 is 46.8 Å². The number of aromatic hydroxyl groups is 1. The third-order valence-electron chi connectivity index (χ3n) is 11.0. The number of halogens is 2. The van der Waals surface area contributed by atoms with E-state index in [1.807, 2.05) is 32.1 Å². The van der Waals surface area contributed by atoms with Crippen LogP contribution in [-0.4, -0.2) is 105 Å². The lowest BCUT2D eigenvalue weighted by molar-refractivity contribution is -0.127. The second-order valence-electron chi connectivity index (χ2n) is 14.1. The largest absolute Gasteiger partial charge is 0.508 e. The molecule has 0 saturated carbocycles. The van der Waals surface area contributed by atoms with Gasteiger partial charge in [-0.1, -0.05) is 33.8 Å². The Morgan fingerprint density at radius 3 is 2.46 bits per heavy atom. The van der Waals surface area contributed by atoms with Gasteiger partial charge in [0.1, 0.15) is 40.7 Å². The van der Waals surface area contributed by atoms with Gasteiger partial charge in [0.05, 0.1) is 28.6 Å². The van der Waals surface area contributed by atoms with E-state index in [4.69, 9.17) is 21.6 Å². The number of amides is 1. The second-order valence-corrected chi connectivity index (χ2v) is 16.4. The Labute approximate surface area is 303 Å². The van der Waals surface area contributed by atoms with Crippen molar-refractivity contribution in [1.29, 1.82) is 5.41 Å². The molecule has 0 aliphatic carbocycles. The summed E-state index contributed by atoms with van der Waals surface area (Å²) in [5.41, 5.74) is -0.0146. The number of carbonyl (C=O) groups is 1. The quantitative estimate of drug-likeness (QED) is 0.122. The van der Waals surface area contributed by atoms with Crippen LogP contribution < -0.4 is 9.64 Å². The van der Waals surface area contributed by atoms with Crippen LogP contribution in [-0.2, 0) is 4.79 Å². The van der Waals surface area contributed by atoms with E-state index >= 15 is 4.39 Å². The standard InChI is InChI=1S/C37H38F2N7O3P.C2H6/c1-4-25-28(38)10-7-21-15-24(47)16-26(29(21)25)31-30(39)32-27(17-41-31)34(43-36(42-32)49-20-37-11-5-13-45(37)14-6-12-37)44-18-22-8-9-23(19-44)46(22)35(48)33(40)50(2)3;1-2/h1,7,10,15-17,22-23,40,47H,5-6,8-9,11-14,18-20H2,2-3H3;1-2H3/t22-,23?;/m0./s1. The molecule has 4 fully saturated rings. The van der Waals surface area contributed by atoms with E-state index in [1.54, 1.807) is 0 Å². The topological polar surface area (TPSA) is 119 Å². The Morgan fingerprint density at radius 1 is 1.12 bits per heavy atom. The molecule has 272 valence electrons. The highest BCUT2D eigenvalue weighted by atomic mass is 31.1. The first kappa shape index (κ1) is 35.9. The molecular weight excluding hydrogens is 683 g/mol. The minimum absolute atomic E-state index is 0.0207. The number of nitrogens with zero attached hydrogens (tertiary/aromatic N) is 6. The number of benzene rings is 2. The minimum Gasteiger partial charge on any atom is -0.508 e. The van der Waals surface area contributed by atoms with Crippen molar-refractivity contribution in [3.8, 4) is 35.4 Å². The van der Waals surface area contributed by atoms with Gasteiger partial charge in [0.15, 0.2) is 5.82 Å². The number of fused-ring (bicyclic) bond motifs is 5. The molecule has 2 atom stereocenters. The van der Waals surface area contributed by atoms with Gasteiger partial charge in [-0.3, -0.25) is 20.1 Å². The number of phenolic OH excluding ortho intramolecular Hbond substituents is 1. The fourth-order valence-electron chi connectivity index (χ4n) is 8.65. The summed E-state index contributed by atoms with van der Waals surface area (Å²) in [5, 5.41) is 20.1. The van der Waals surface area contributed by atoms with Crippen molar-refractivity contribution in [2.75, 3.05) is 51.0 Å². The molecule has 0 spiro atoms. The molecule has 2 bridgehead atoms. The number of rotatable bonds is 7. The molecule has 13 heteroatoms. The Kier molecular flexibility index (Phi) is 9.79. The van der Waals surface area contributed by atoms with Gasteiger partial charge in [0.2, 0.25) is 0 Å². The highest BCUT2D eigenvalue weighted by Crippen LogP contribution is 2.42. The normalized spacial score (nSPS) is 20.6. The molecule has 1 amide bonds. The molecule has 4 aliphatic rings. The van der Waals surface area contributed by atoms with Gasteiger partial charge in [0.25, 0.3) is 5.91 Å². The van der Waals surface area contributed by atoms with E-state index in [-0.39, 0.29) is 68.5 Å². The first-order valence-corrected chi connectivity index (χ1v) is 20.3. The maximum Gasteiger partial charge on any atom is 0.319 e. The lowest BCUT2D eigenvalue weighted by Crippen LogP contribution is -2.57. The van der Waals surface area contributed by atoms with Gasteiger partial charge in [-0.15, -0.1) is 6.42 Å². The van der Waals surface area contributed by atoms with Crippen LogP contribution in [0.5, 0.6) is 11.8 Å². The zero-order chi connectivity index (χ0) is 36.9. The smallest absolute Gasteiger partial charge is 0.319 e. The molecule has 4 saturated heterocycles. The summed E-state index contributed by atoms with van der Waals surface area (Å²) in [6.07, 6.45) is 13.0. The SMILES string of the molecule is C#Cc1c(F)ccc2cc(O)cc(-c3ncc4c(N5CC6CC[C@@H](C5)N6C(=O)C(=N)P(C)C)nc(OCC56CCCN5CCC6)nc4c3F)c12.CC. The van der Waals surface area contributed by atoms with Gasteiger partial charge < -0.3 is 19.6 Å². The number of anilines is 1. The number of phenols is 1. The third kappa shape index (κ3) is 6.02. The summed E-state index contributed by atoms with van der Waals surface area (Å²) in [5.74, 6) is 1.06. The molecule has 8 rings (SSSR count). The Morgan fingerprint density at radius 2 is 1.81 bits per heavy atom. The zero-order valence-corrected chi connectivity index (χ0v) is 30.9. The number of carbonyl (C=O) groups excluding carboxylic acids is 1. The molecule has 2 N–H and O–H groups in total. The predicted octanol–water partition coefficient (Wildman–Crippen LogP) is 6.74. The third-order valence-corrected chi connectivity index (χ3v) is 12.1. The van der Waals surface area contributed by atoms with Crippen molar-refractivity contribution in [1.82, 2.24) is 24.8 Å². The first-order valence-electron chi connectivity index (χ1n) is 18.1. The molecule has 4 aromatic rings. The molecule has 1 unspecified atom stereocenters. The lowest BCUT2D eigenvalue weighted by Gasteiger charge is -2.42. The van der Waals surface area contributed by atoms with Gasteiger partial charge in [-0.2, -0.15) is 9.97 Å². The van der Waals surface area contributed by atoms with E-state index < -0.39 is 19.6 Å². The Hall–Kier alpha value is -4.46. The van der Waals surface area contributed by atoms with Crippen molar-refractivity contribution in [3.63, 3.8) is 0 Å². The van der Waals surface area contributed by atoms with Gasteiger partial charge in [0, 0.05) is 30.2 Å². The number of hydrogen-bond acceptors (Lipinski definition) is 9. The first-order chi connectivity index (χ1) is 25.1. The van der Waals surface area contributed by atoms with Gasteiger partial charge >= 0.3 is 6.01 Å². The maximum atomic E-state index is 17.0.